The topological polar surface area (TPSA) is 94.0 Å². The van der Waals surface area contributed by atoms with E-state index in [0.29, 0.717) is 23.8 Å². The number of nitrogens with zero attached hydrogens (tertiary/aromatic N) is 2. The van der Waals surface area contributed by atoms with Crippen LogP contribution in [0.25, 0.3) is 0 Å². The maximum absolute atomic E-state index is 11.8. The second-order valence-electron chi connectivity index (χ2n) is 3.82. The van der Waals surface area contributed by atoms with Crippen molar-refractivity contribution in [2.45, 2.75) is 20.0 Å². The lowest BCUT2D eigenvalue weighted by Gasteiger charge is -2.03. The molecule has 0 radical (unpaired) electrons. The van der Waals surface area contributed by atoms with Gasteiger partial charge in [0.2, 0.25) is 5.89 Å². The molecule has 1 heterocycles. The van der Waals surface area contributed by atoms with Crippen LogP contribution in [0.15, 0.2) is 28.8 Å². The first-order chi connectivity index (χ1) is 8.69. The molecule has 18 heavy (non-hydrogen) atoms. The summed E-state index contributed by atoms with van der Waals surface area (Å²) in [5, 5.41) is 6.34. The SMILES string of the molecule is Cc1noc(CNC(=O)c2ccc(CN)cc2)n1. The van der Waals surface area contributed by atoms with Gasteiger partial charge < -0.3 is 15.6 Å². The molecule has 0 aliphatic rings. The number of benzene rings is 1. The molecule has 0 aliphatic heterocycles. The molecular weight excluding hydrogens is 232 g/mol. The minimum atomic E-state index is -0.186. The Hall–Kier alpha value is -2.21. The first kappa shape index (κ1) is 12.3. The normalized spacial score (nSPS) is 10.3. The molecule has 94 valence electrons. The van der Waals surface area contributed by atoms with Gasteiger partial charge in [-0.1, -0.05) is 17.3 Å². The third-order valence-electron chi connectivity index (χ3n) is 2.42. The molecule has 0 fully saturated rings. The van der Waals surface area contributed by atoms with Crippen LogP contribution >= 0.6 is 0 Å². The molecule has 6 heteroatoms. The van der Waals surface area contributed by atoms with Crippen LogP contribution in [0.4, 0.5) is 0 Å². The molecule has 6 nitrogen and oxygen atoms in total. The number of hydrogen-bond donors (Lipinski definition) is 2. The fourth-order valence-corrected chi connectivity index (χ4v) is 1.46. The summed E-state index contributed by atoms with van der Waals surface area (Å²) in [6, 6.07) is 7.12. The first-order valence-corrected chi connectivity index (χ1v) is 5.55. The number of amides is 1. The van der Waals surface area contributed by atoms with Crippen LogP contribution in [0.3, 0.4) is 0 Å². The van der Waals surface area contributed by atoms with E-state index >= 15 is 0 Å². The van der Waals surface area contributed by atoms with Gasteiger partial charge in [0, 0.05) is 12.1 Å². The van der Waals surface area contributed by atoms with Gasteiger partial charge >= 0.3 is 0 Å². The summed E-state index contributed by atoms with van der Waals surface area (Å²) in [5.41, 5.74) is 7.04. The van der Waals surface area contributed by atoms with E-state index < -0.39 is 0 Å². The minimum absolute atomic E-state index is 0.186. The largest absolute Gasteiger partial charge is 0.343 e. The van der Waals surface area contributed by atoms with Crippen molar-refractivity contribution in [3.05, 3.63) is 47.1 Å². The molecule has 0 saturated carbocycles. The number of rotatable bonds is 4. The molecule has 0 atom stereocenters. The van der Waals surface area contributed by atoms with Crippen molar-refractivity contribution in [3.8, 4) is 0 Å². The average Bonchev–Trinajstić information content (AvgIpc) is 2.82. The predicted molar refractivity (Wildman–Crippen MR) is 64.5 cm³/mol. The number of carbonyl (C=O) groups excluding carboxylic acids is 1. The van der Waals surface area contributed by atoms with Gasteiger partial charge in [0.15, 0.2) is 5.82 Å². The van der Waals surface area contributed by atoms with Gasteiger partial charge in [-0.05, 0) is 24.6 Å². The van der Waals surface area contributed by atoms with Crippen LogP contribution < -0.4 is 11.1 Å². The highest BCUT2D eigenvalue weighted by Crippen LogP contribution is 2.04. The Morgan fingerprint density at radius 3 is 2.67 bits per heavy atom. The van der Waals surface area contributed by atoms with Crippen LogP contribution in [-0.4, -0.2) is 16.0 Å². The van der Waals surface area contributed by atoms with E-state index in [4.69, 9.17) is 10.3 Å². The van der Waals surface area contributed by atoms with Crippen molar-refractivity contribution in [3.63, 3.8) is 0 Å². The summed E-state index contributed by atoms with van der Waals surface area (Å²) in [6.45, 7) is 2.40. The first-order valence-electron chi connectivity index (χ1n) is 5.55. The van der Waals surface area contributed by atoms with Gasteiger partial charge in [-0.15, -0.1) is 0 Å². The van der Waals surface area contributed by atoms with Crippen LogP contribution in [0.2, 0.25) is 0 Å². The monoisotopic (exact) mass is 246 g/mol. The second kappa shape index (κ2) is 5.42. The molecule has 1 aromatic carbocycles. The van der Waals surface area contributed by atoms with E-state index in [1.807, 2.05) is 12.1 Å². The summed E-state index contributed by atoms with van der Waals surface area (Å²) in [6.07, 6.45) is 0. The molecule has 2 aromatic rings. The van der Waals surface area contributed by atoms with E-state index in [9.17, 15) is 4.79 Å². The van der Waals surface area contributed by atoms with Gasteiger partial charge in [-0.2, -0.15) is 4.98 Å². The van der Waals surface area contributed by atoms with E-state index in [1.165, 1.54) is 0 Å². The molecule has 0 unspecified atom stereocenters. The standard InChI is InChI=1S/C12H14N4O2/c1-8-15-11(18-16-8)7-14-12(17)10-4-2-9(6-13)3-5-10/h2-5H,6-7,13H2,1H3,(H,14,17). The minimum Gasteiger partial charge on any atom is -0.343 e. The maximum atomic E-state index is 11.8. The van der Waals surface area contributed by atoms with E-state index in [1.54, 1.807) is 19.1 Å². The van der Waals surface area contributed by atoms with Crippen LogP contribution in [0.1, 0.15) is 27.6 Å². The Kier molecular flexibility index (Phi) is 3.69. The van der Waals surface area contributed by atoms with Gasteiger partial charge in [0.05, 0.1) is 6.54 Å². The van der Waals surface area contributed by atoms with E-state index in [2.05, 4.69) is 15.5 Å². The van der Waals surface area contributed by atoms with Crippen molar-refractivity contribution >= 4 is 5.91 Å². The van der Waals surface area contributed by atoms with Gasteiger partial charge in [-0.3, -0.25) is 4.79 Å². The number of hydrogen-bond acceptors (Lipinski definition) is 5. The number of aromatic nitrogens is 2. The van der Waals surface area contributed by atoms with Crippen LogP contribution in [-0.2, 0) is 13.1 Å². The number of carbonyl (C=O) groups is 1. The molecule has 0 saturated heterocycles. The van der Waals surface area contributed by atoms with Crippen molar-refractivity contribution in [1.82, 2.24) is 15.5 Å². The molecular formula is C12H14N4O2. The fourth-order valence-electron chi connectivity index (χ4n) is 1.46. The molecule has 0 bridgehead atoms. The lowest BCUT2D eigenvalue weighted by atomic mass is 10.1. The highest BCUT2D eigenvalue weighted by atomic mass is 16.5. The third kappa shape index (κ3) is 2.92. The smallest absolute Gasteiger partial charge is 0.251 e. The number of nitrogens with two attached hydrogens (primary N) is 1. The highest BCUT2D eigenvalue weighted by Gasteiger charge is 2.07. The average molecular weight is 246 g/mol. The third-order valence-corrected chi connectivity index (χ3v) is 2.42. The number of nitrogens with one attached hydrogen (secondary N) is 1. The second-order valence-corrected chi connectivity index (χ2v) is 3.82. The van der Waals surface area contributed by atoms with Gasteiger partial charge in [0.25, 0.3) is 5.91 Å². The lowest BCUT2D eigenvalue weighted by Crippen LogP contribution is -2.22. The maximum Gasteiger partial charge on any atom is 0.251 e. The predicted octanol–water partition coefficient (Wildman–Crippen LogP) is 0.767. The van der Waals surface area contributed by atoms with Crippen molar-refractivity contribution in [2.24, 2.45) is 5.73 Å². The highest BCUT2D eigenvalue weighted by molar-refractivity contribution is 5.94. The summed E-state index contributed by atoms with van der Waals surface area (Å²) >= 11 is 0. The Balaban J connectivity index is 1.94. The Bertz CT molecular complexity index is 533. The van der Waals surface area contributed by atoms with Crippen LogP contribution in [0, 0.1) is 6.92 Å². The quantitative estimate of drug-likeness (QED) is 0.830. The Morgan fingerprint density at radius 1 is 1.39 bits per heavy atom. The Labute approximate surface area is 104 Å². The van der Waals surface area contributed by atoms with Crippen molar-refractivity contribution < 1.29 is 9.32 Å². The zero-order chi connectivity index (χ0) is 13.0. The van der Waals surface area contributed by atoms with Crippen LogP contribution in [0.5, 0.6) is 0 Å². The zero-order valence-corrected chi connectivity index (χ0v) is 10.0. The lowest BCUT2D eigenvalue weighted by molar-refractivity contribution is 0.0946. The molecule has 1 amide bonds. The number of aryl methyl sites for hydroxylation is 1. The Morgan fingerprint density at radius 2 is 2.11 bits per heavy atom. The van der Waals surface area contributed by atoms with E-state index in [0.717, 1.165) is 5.56 Å². The van der Waals surface area contributed by atoms with Crippen molar-refractivity contribution in [2.75, 3.05) is 0 Å². The zero-order valence-electron chi connectivity index (χ0n) is 10.0. The molecule has 3 N–H and O–H groups in total. The van der Waals surface area contributed by atoms with Gasteiger partial charge in [0.1, 0.15) is 0 Å². The summed E-state index contributed by atoms with van der Waals surface area (Å²) in [7, 11) is 0. The molecule has 0 aliphatic carbocycles. The molecule has 0 spiro atoms. The van der Waals surface area contributed by atoms with Gasteiger partial charge in [-0.25, -0.2) is 0 Å². The summed E-state index contributed by atoms with van der Waals surface area (Å²) in [5.74, 6) is 0.750. The molecule has 1 aromatic heterocycles. The summed E-state index contributed by atoms with van der Waals surface area (Å²) in [4.78, 5) is 15.8. The van der Waals surface area contributed by atoms with Crippen molar-refractivity contribution in [1.29, 1.82) is 0 Å². The summed E-state index contributed by atoms with van der Waals surface area (Å²) < 4.78 is 4.89. The molecule has 2 rings (SSSR count). The fraction of sp³-hybridized carbons (Fsp3) is 0.250. The van der Waals surface area contributed by atoms with E-state index in [-0.39, 0.29) is 12.5 Å².